The predicted molar refractivity (Wildman–Crippen MR) is 61.7 cm³/mol. The maximum absolute atomic E-state index is 13.7. The third-order valence-corrected chi connectivity index (χ3v) is 2.33. The van der Waals surface area contributed by atoms with Crippen molar-refractivity contribution in [2.24, 2.45) is 7.05 Å². The molecule has 0 spiro atoms. The van der Waals surface area contributed by atoms with Gasteiger partial charge in [-0.25, -0.2) is 14.2 Å². The van der Waals surface area contributed by atoms with Crippen molar-refractivity contribution in [3.63, 3.8) is 0 Å². The summed E-state index contributed by atoms with van der Waals surface area (Å²) in [6, 6.07) is 2.88. The highest BCUT2D eigenvalue weighted by Gasteiger charge is 2.14. The molecule has 0 amide bonds. The Bertz CT molecular complexity index is 582. The zero-order chi connectivity index (χ0) is 13.1. The lowest BCUT2D eigenvalue weighted by molar-refractivity contribution is 0.0692. The first-order valence-corrected chi connectivity index (χ1v) is 5.18. The minimum Gasteiger partial charge on any atom is -0.478 e. The summed E-state index contributed by atoms with van der Waals surface area (Å²) in [6.07, 6.45) is 3.00. The minimum absolute atomic E-state index is 0.0967. The van der Waals surface area contributed by atoms with E-state index in [0.717, 1.165) is 6.07 Å². The third kappa shape index (κ3) is 2.45. The van der Waals surface area contributed by atoms with Gasteiger partial charge in [0.05, 0.1) is 12.2 Å². The van der Waals surface area contributed by atoms with Crippen LogP contribution in [0, 0.1) is 5.82 Å². The van der Waals surface area contributed by atoms with E-state index in [9.17, 15) is 9.18 Å². The first-order valence-electron chi connectivity index (χ1n) is 5.18. The van der Waals surface area contributed by atoms with Gasteiger partial charge in [0.2, 0.25) is 0 Å². The molecule has 2 rings (SSSR count). The van der Waals surface area contributed by atoms with Crippen molar-refractivity contribution in [3.8, 4) is 0 Å². The number of nitrogens with zero attached hydrogens (tertiary/aromatic N) is 3. The van der Waals surface area contributed by atoms with E-state index in [2.05, 4.69) is 15.4 Å². The van der Waals surface area contributed by atoms with Crippen molar-refractivity contribution in [1.29, 1.82) is 0 Å². The normalized spacial score (nSPS) is 10.3. The molecule has 2 aromatic heterocycles. The van der Waals surface area contributed by atoms with Crippen molar-refractivity contribution in [2.45, 2.75) is 6.54 Å². The second-order valence-electron chi connectivity index (χ2n) is 3.66. The molecule has 0 aromatic carbocycles. The molecule has 0 atom stereocenters. The molecule has 0 bridgehead atoms. The van der Waals surface area contributed by atoms with Crippen LogP contribution in [-0.4, -0.2) is 25.8 Å². The average Bonchev–Trinajstić information content (AvgIpc) is 2.73. The molecular formula is C11H11FN4O2. The maximum atomic E-state index is 13.7. The van der Waals surface area contributed by atoms with Crippen LogP contribution in [-0.2, 0) is 13.6 Å². The summed E-state index contributed by atoms with van der Waals surface area (Å²) in [5.74, 6) is -2.29. The maximum Gasteiger partial charge on any atom is 0.338 e. The molecule has 0 unspecified atom stereocenters. The number of carbonyl (C=O) groups is 1. The van der Waals surface area contributed by atoms with Gasteiger partial charge in [0.1, 0.15) is 5.56 Å². The van der Waals surface area contributed by atoms with Gasteiger partial charge in [0, 0.05) is 19.4 Å². The topological polar surface area (TPSA) is 80.0 Å². The van der Waals surface area contributed by atoms with Crippen LogP contribution in [0.2, 0.25) is 0 Å². The van der Waals surface area contributed by atoms with Crippen LogP contribution in [0.25, 0.3) is 0 Å². The SMILES string of the molecule is Cn1ccc(CNc2nccc(C(=O)O)c2F)n1. The molecule has 2 N–H and O–H groups in total. The quantitative estimate of drug-likeness (QED) is 0.854. The van der Waals surface area contributed by atoms with E-state index in [0.29, 0.717) is 5.69 Å². The number of anilines is 1. The second-order valence-corrected chi connectivity index (χ2v) is 3.66. The standard InChI is InChI=1S/C11H11FN4O2/c1-16-5-3-7(15-16)6-14-10-9(12)8(11(17)18)2-4-13-10/h2-5H,6H2,1H3,(H,13,14)(H,17,18). The Balaban J connectivity index is 2.14. The molecule has 0 aliphatic heterocycles. The van der Waals surface area contributed by atoms with Crippen molar-refractivity contribution >= 4 is 11.8 Å². The Morgan fingerprint density at radius 1 is 1.56 bits per heavy atom. The van der Waals surface area contributed by atoms with E-state index in [1.807, 2.05) is 0 Å². The Kier molecular flexibility index (Phi) is 3.22. The van der Waals surface area contributed by atoms with Crippen LogP contribution in [0.1, 0.15) is 16.1 Å². The largest absolute Gasteiger partial charge is 0.478 e. The van der Waals surface area contributed by atoms with Gasteiger partial charge in [-0.3, -0.25) is 4.68 Å². The van der Waals surface area contributed by atoms with Gasteiger partial charge in [-0.15, -0.1) is 0 Å². The Morgan fingerprint density at radius 2 is 2.33 bits per heavy atom. The van der Waals surface area contributed by atoms with E-state index in [4.69, 9.17) is 5.11 Å². The summed E-state index contributed by atoms with van der Waals surface area (Å²) in [7, 11) is 1.77. The van der Waals surface area contributed by atoms with Crippen molar-refractivity contribution in [3.05, 3.63) is 41.6 Å². The highest BCUT2D eigenvalue weighted by atomic mass is 19.1. The van der Waals surface area contributed by atoms with E-state index >= 15 is 0 Å². The summed E-state index contributed by atoms with van der Waals surface area (Å²) in [6.45, 7) is 0.272. The van der Waals surface area contributed by atoms with Crippen LogP contribution < -0.4 is 5.32 Å². The fraction of sp³-hybridized carbons (Fsp3) is 0.182. The van der Waals surface area contributed by atoms with Gasteiger partial charge in [0.25, 0.3) is 0 Å². The van der Waals surface area contributed by atoms with Crippen molar-refractivity contribution in [2.75, 3.05) is 5.32 Å². The molecule has 2 aromatic rings. The van der Waals surface area contributed by atoms with E-state index in [1.165, 1.54) is 6.20 Å². The lowest BCUT2D eigenvalue weighted by atomic mass is 10.2. The third-order valence-electron chi connectivity index (χ3n) is 2.33. The number of carboxylic acid groups (broad SMARTS) is 1. The van der Waals surface area contributed by atoms with Gasteiger partial charge in [-0.2, -0.15) is 5.10 Å². The van der Waals surface area contributed by atoms with E-state index in [-0.39, 0.29) is 12.4 Å². The summed E-state index contributed by atoms with van der Waals surface area (Å²) in [5.41, 5.74) is 0.299. The summed E-state index contributed by atoms with van der Waals surface area (Å²) in [5, 5.41) is 15.6. The average molecular weight is 250 g/mol. The molecular weight excluding hydrogens is 239 g/mol. The molecule has 0 aliphatic rings. The molecule has 0 saturated carbocycles. The number of hydrogen-bond acceptors (Lipinski definition) is 4. The number of aryl methyl sites for hydroxylation is 1. The van der Waals surface area contributed by atoms with Gasteiger partial charge < -0.3 is 10.4 Å². The molecule has 94 valence electrons. The molecule has 0 saturated heterocycles. The molecule has 0 aliphatic carbocycles. The molecule has 18 heavy (non-hydrogen) atoms. The van der Waals surface area contributed by atoms with E-state index < -0.39 is 17.3 Å². The van der Waals surface area contributed by atoms with Crippen LogP contribution >= 0.6 is 0 Å². The molecule has 6 nitrogen and oxygen atoms in total. The fourth-order valence-corrected chi connectivity index (χ4v) is 1.46. The number of halogens is 1. The highest BCUT2D eigenvalue weighted by molar-refractivity contribution is 5.88. The van der Waals surface area contributed by atoms with Gasteiger partial charge in [0.15, 0.2) is 11.6 Å². The minimum atomic E-state index is -1.32. The number of nitrogens with one attached hydrogen (secondary N) is 1. The summed E-state index contributed by atoms with van der Waals surface area (Å²) in [4.78, 5) is 14.5. The van der Waals surface area contributed by atoms with Crippen LogP contribution in [0.4, 0.5) is 10.2 Å². The predicted octanol–water partition coefficient (Wildman–Crippen LogP) is 1.26. The molecule has 2 heterocycles. The van der Waals surface area contributed by atoms with Gasteiger partial charge in [-0.1, -0.05) is 0 Å². The van der Waals surface area contributed by atoms with Gasteiger partial charge >= 0.3 is 5.97 Å². The Labute approximate surface area is 102 Å². The van der Waals surface area contributed by atoms with Gasteiger partial charge in [-0.05, 0) is 12.1 Å². The second kappa shape index (κ2) is 4.82. The summed E-state index contributed by atoms with van der Waals surface area (Å²) < 4.78 is 15.3. The lowest BCUT2D eigenvalue weighted by Gasteiger charge is -2.06. The van der Waals surface area contributed by atoms with Crippen LogP contribution in [0.5, 0.6) is 0 Å². The number of aromatic carboxylic acids is 1. The highest BCUT2D eigenvalue weighted by Crippen LogP contribution is 2.15. The molecule has 7 heteroatoms. The zero-order valence-electron chi connectivity index (χ0n) is 9.59. The molecule has 0 fully saturated rings. The summed E-state index contributed by atoms with van der Waals surface area (Å²) >= 11 is 0. The number of carboxylic acids is 1. The van der Waals surface area contributed by atoms with Crippen molar-refractivity contribution < 1.29 is 14.3 Å². The Hall–Kier alpha value is -2.44. The smallest absolute Gasteiger partial charge is 0.338 e. The number of pyridine rings is 1. The number of aromatic nitrogens is 3. The lowest BCUT2D eigenvalue weighted by Crippen LogP contribution is -2.08. The Morgan fingerprint density at radius 3 is 2.94 bits per heavy atom. The monoisotopic (exact) mass is 250 g/mol. The first kappa shape index (κ1) is 12.0. The number of hydrogen-bond donors (Lipinski definition) is 2. The zero-order valence-corrected chi connectivity index (χ0v) is 9.59. The van der Waals surface area contributed by atoms with Crippen LogP contribution in [0.3, 0.4) is 0 Å². The number of rotatable bonds is 4. The fourth-order valence-electron chi connectivity index (χ4n) is 1.46. The van der Waals surface area contributed by atoms with Crippen molar-refractivity contribution in [1.82, 2.24) is 14.8 Å². The first-order chi connectivity index (χ1) is 8.58. The van der Waals surface area contributed by atoms with E-state index in [1.54, 1.807) is 24.0 Å². The van der Waals surface area contributed by atoms with Crippen LogP contribution in [0.15, 0.2) is 24.5 Å². The molecule has 0 radical (unpaired) electrons.